The Morgan fingerprint density at radius 1 is 1.26 bits per heavy atom. The summed E-state index contributed by atoms with van der Waals surface area (Å²) in [6, 6.07) is 0. The zero-order valence-corrected chi connectivity index (χ0v) is 14.5. The van der Waals surface area contributed by atoms with Gasteiger partial charge in [-0.1, -0.05) is 38.3 Å². The summed E-state index contributed by atoms with van der Waals surface area (Å²) in [7, 11) is 0. The molecule has 0 radical (unpaired) electrons. The molecule has 2 saturated carbocycles. The fraction of sp³-hybridized carbons (Fsp3) is 0.800. The first kappa shape index (κ1) is 15.6. The number of aliphatic hydroxyl groups is 1. The predicted molar refractivity (Wildman–Crippen MR) is 87.7 cm³/mol. The van der Waals surface area contributed by atoms with Crippen molar-refractivity contribution >= 4 is 12.1 Å². The second-order valence-corrected chi connectivity index (χ2v) is 9.16. The molecule has 1 N–H and O–H groups in total. The van der Waals surface area contributed by atoms with Crippen molar-refractivity contribution in [2.75, 3.05) is 0 Å². The Kier molecular flexibility index (Phi) is 3.09. The van der Waals surface area contributed by atoms with E-state index < -0.39 is 5.60 Å². The van der Waals surface area contributed by atoms with Gasteiger partial charge in [0.2, 0.25) is 0 Å². The standard InChI is InChI=1S/C20H28O3/c1-12-17(22)14-10-20(12,23)9-13-5-6-15-18(2,11-21)7-4-8-19(15,3)16(13)14/h11-12,14-15,23H,4-10H2,1-3H3/t12-,14+,15-,18-,19-,20-/m1/s1. The molecule has 2 bridgehead atoms. The van der Waals surface area contributed by atoms with Gasteiger partial charge in [-0.2, -0.15) is 0 Å². The van der Waals surface area contributed by atoms with Crippen LogP contribution in [0.2, 0.25) is 0 Å². The number of Topliss-reactive ketones (excluding diaryl/α,β-unsaturated/α-hetero) is 1. The summed E-state index contributed by atoms with van der Waals surface area (Å²) in [6.07, 6.45) is 7.54. The van der Waals surface area contributed by atoms with Gasteiger partial charge in [0.05, 0.1) is 5.60 Å². The summed E-state index contributed by atoms with van der Waals surface area (Å²) in [5.74, 6) is 0.231. The lowest BCUT2D eigenvalue weighted by atomic mass is 9.47. The molecule has 23 heavy (non-hydrogen) atoms. The number of carbonyl (C=O) groups is 2. The van der Waals surface area contributed by atoms with Crippen molar-refractivity contribution in [1.82, 2.24) is 0 Å². The average molecular weight is 316 g/mol. The summed E-state index contributed by atoms with van der Waals surface area (Å²) < 4.78 is 0. The molecule has 0 amide bonds. The van der Waals surface area contributed by atoms with Crippen LogP contribution in [0.1, 0.15) is 65.7 Å². The van der Waals surface area contributed by atoms with Crippen LogP contribution in [-0.4, -0.2) is 22.8 Å². The lowest BCUT2D eigenvalue weighted by Crippen LogP contribution is -2.50. The molecule has 0 aliphatic heterocycles. The van der Waals surface area contributed by atoms with E-state index in [9.17, 15) is 14.7 Å². The zero-order valence-electron chi connectivity index (χ0n) is 14.5. The molecule has 0 heterocycles. The van der Waals surface area contributed by atoms with Crippen LogP contribution in [0, 0.1) is 28.6 Å². The largest absolute Gasteiger partial charge is 0.389 e. The molecule has 0 aromatic heterocycles. The van der Waals surface area contributed by atoms with Crippen molar-refractivity contribution in [2.45, 2.75) is 71.3 Å². The molecule has 4 aliphatic rings. The number of hydrogen-bond acceptors (Lipinski definition) is 3. The molecule has 126 valence electrons. The highest BCUT2D eigenvalue weighted by molar-refractivity contribution is 5.91. The van der Waals surface area contributed by atoms with E-state index in [0.29, 0.717) is 18.8 Å². The summed E-state index contributed by atoms with van der Waals surface area (Å²) >= 11 is 0. The molecule has 0 saturated heterocycles. The lowest BCUT2D eigenvalue weighted by molar-refractivity contribution is -0.126. The van der Waals surface area contributed by atoms with E-state index in [2.05, 4.69) is 13.8 Å². The molecule has 0 aromatic carbocycles. The van der Waals surface area contributed by atoms with Crippen LogP contribution < -0.4 is 0 Å². The molecular weight excluding hydrogens is 288 g/mol. The van der Waals surface area contributed by atoms with Gasteiger partial charge in [-0.15, -0.1) is 0 Å². The van der Waals surface area contributed by atoms with Gasteiger partial charge >= 0.3 is 0 Å². The molecular formula is C20H28O3. The summed E-state index contributed by atoms with van der Waals surface area (Å²) in [6.45, 7) is 6.32. The van der Waals surface area contributed by atoms with E-state index in [0.717, 1.165) is 32.1 Å². The second-order valence-electron chi connectivity index (χ2n) is 9.16. The van der Waals surface area contributed by atoms with Crippen LogP contribution in [0.25, 0.3) is 0 Å². The molecule has 0 unspecified atom stereocenters. The quantitative estimate of drug-likeness (QED) is 0.595. The van der Waals surface area contributed by atoms with Crippen LogP contribution in [0.4, 0.5) is 0 Å². The van der Waals surface area contributed by atoms with Crippen LogP contribution in [-0.2, 0) is 9.59 Å². The average Bonchev–Trinajstić information content (AvgIpc) is 2.67. The van der Waals surface area contributed by atoms with Crippen LogP contribution >= 0.6 is 0 Å². The number of rotatable bonds is 1. The smallest absolute Gasteiger partial charge is 0.145 e. The Morgan fingerprint density at radius 3 is 2.70 bits per heavy atom. The first-order chi connectivity index (χ1) is 10.8. The highest BCUT2D eigenvalue weighted by atomic mass is 16.3. The Labute approximate surface area is 138 Å². The summed E-state index contributed by atoms with van der Waals surface area (Å²) in [4.78, 5) is 24.7. The topological polar surface area (TPSA) is 54.4 Å². The molecule has 3 nitrogen and oxygen atoms in total. The Bertz CT molecular complexity index is 620. The number of hydrogen-bond donors (Lipinski definition) is 1. The minimum absolute atomic E-state index is 0.0345. The molecule has 2 fully saturated rings. The molecule has 4 aliphatic carbocycles. The maximum atomic E-state index is 12.8. The summed E-state index contributed by atoms with van der Waals surface area (Å²) in [5.41, 5.74) is 1.57. The maximum Gasteiger partial charge on any atom is 0.145 e. The number of fused-ring (bicyclic) bond motifs is 5. The number of ketones is 1. The third kappa shape index (κ3) is 1.80. The van der Waals surface area contributed by atoms with Crippen molar-refractivity contribution in [3.05, 3.63) is 11.1 Å². The lowest BCUT2D eigenvalue weighted by Gasteiger charge is -2.56. The fourth-order valence-corrected chi connectivity index (χ4v) is 6.75. The van der Waals surface area contributed by atoms with Crippen molar-refractivity contribution in [3.8, 4) is 0 Å². The Balaban J connectivity index is 1.84. The zero-order chi connectivity index (χ0) is 16.6. The molecule has 4 rings (SSSR count). The van der Waals surface area contributed by atoms with Crippen LogP contribution in [0.3, 0.4) is 0 Å². The highest BCUT2D eigenvalue weighted by Gasteiger charge is 2.61. The van der Waals surface area contributed by atoms with Crippen LogP contribution in [0.5, 0.6) is 0 Å². The third-order valence-electron chi connectivity index (χ3n) is 7.98. The monoisotopic (exact) mass is 316 g/mol. The van der Waals surface area contributed by atoms with E-state index >= 15 is 0 Å². The van der Waals surface area contributed by atoms with Gasteiger partial charge in [-0.25, -0.2) is 0 Å². The van der Waals surface area contributed by atoms with Gasteiger partial charge in [0, 0.05) is 17.3 Å². The fourth-order valence-electron chi connectivity index (χ4n) is 6.75. The predicted octanol–water partition coefficient (Wildman–Crippen LogP) is 3.45. The molecule has 6 atom stereocenters. The van der Waals surface area contributed by atoms with E-state index in [1.54, 1.807) is 0 Å². The normalized spacial score (nSPS) is 52.2. The minimum Gasteiger partial charge on any atom is -0.389 e. The van der Waals surface area contributed by atoms with E-state index in [-0.39, 0.29) is 28.4 Å². The maximum absolute atomic E-state index is 12.8. The van der Waals surface area contributed by atoms with E-state index in [1.807, 2.05) is 6.92 Å². The number of carbonyl (C=O) groups excluding carboxylic acids is 2. The SMILES string of the molecule is C[C@@H]1C(=O)[C@H]2C[C@]1(O)CC1=C2[C@]2(C)CCC[C@](C)(C=O)[C@H]2CC1. The highest BCUT2D eigenvalue weighted by Crippen LogP contribution is 2.65. The summed E-state index contributed by atoms with van der Waals surface area (Å²) in [5, 5.41) is 10.9. The molecule has 0 aromatic rings. The molecule has 3 heteroatoms. The van der Waals surface area contributed by atoms with Crippen molar-refractivity contribution < 1.29 is 14.7 Å². The van der Waals surface area contributed by atoms with E-state index in [1.165, 1.54) is 17.4 Å². The van der Waals surface area contributed by atoms with Crippen molar-refractivity contribution in [2.24, 2.45) is 28.6 Å². The third-order valence-corrected chi connectivity index (χ3v) is 7.98. The van der Waals surface area contributed by atoms with Gasteiger partial charge in [0.25, 0.3) is 0 Å². The van der Waals surface area contributed by atoms with Crippen LogP contribution in [0.15, 0.2) is 11.1 Å². The first-order valence-corrected chi connectivity index (χ1v) is 9.20. The van der Waals surface area contributed by atoms with Gasteiger partial charge in [0.1, 0.15) is 12.1 Å². The number of aldehydes is 1. The van der Waals surface area contributed by atoms with Gasteiger partial charge in [-0.05, 0) is 49.9 Å². The Hall–Kier alpha value is -0.960. The van der Waals surface area contributed by atoms with E-state index in [4.69, 9.17) is 0 Å². The van der Waals surface area contributed by atoms with Crippen molar-refractivity contribution in [3.63, 3.8) is 0 Å². The van der Waals surface area contributed by atoms with Gasteiger partial charge < -0.3 is 9.90 Å². The van der Waals surface area contributed by atoms with Gasteiger partial charge in [0.15, 0.2) is 0 Å². The second kappa shape index (κ2) is 4.56. The first-order valence-electron chi connectivity index (χ1n) is 9.20. The number of allylic oxidation sites excluding steroid dienone is 1. The minimum atomic E-state index is -0.813. The molecule has 0 spiro atoms. The van der Waals surface area contributed by atoms with Crippen molar-refractivity contribution in [1.29, 1.82) is 0 Å². The Morgan fingerprint density at radius 2 is 2.00 bits per heavy atom. The van der Waals surface area contributed by atoms with Gasteiger partial charge in [-0.3, -0.25) is 4.79 Å².